The van der Waals surface area contributed by atoms with E-state index in [0.717, 1.165) is 25.3 Å². The molecule has 1 aromatic carbocycles. The molecule has 0 bridgehead atoms. The molecule has 34 heavy (non-hydrogen) atoms. The molecule has 4 aromatic heterocycles. The van der Waals surface area contributed by atoms with E-state index in [4.69, 9.17) is 21.1 Å². The van der Waals surface area contributed by atoms with Gasteiger partial charge in [-0.1, -0.05) is 11.6 Å². The first-order chi connectivity index (χ1) is 16.7. The Labute approximate surface area is 198 Å². The van der Waals surface area contributed by atoms with E-state index in [2.05, 4.69) is 35.3 Å². The van der Waals surface area contributed by atoms with E-state index in [1.165, 1.54) is 12.7 Å². The van der Waals surface area contributed by atoms with E-state index in [-0.39, 0.29) is 0 Å². The summed E-state index contributed by atoms with van der Waals surface area (Å²) < 4.78 is 13.1. The van der Waals surface area contributed by atoms with Gasteiger partial charge in [0.05, 0.1) is 17.8 Å². The average Bonchev–Trinajstić information content (AvgIpc) is 3.34. The Morgan fingerprint density at radius 2 is 2.03 bits per heavy atom. The number of ether oxygens (including phenoxy) is 2. The normalized spacial score (nSPS) is 14.0. The van der Waals surface area contributed by atoms with Crippen molar-refractivity contribution in [2.75, 3.05) is 30.1 Å². The molecule has 11 nitrogen and oxygen atoms in total. The first-order valence-electron chi connectivity index (χ1n) is 10.6. The number of hydrogen-bond donors (Lipinski definition) is 1. The molecule has 0 atom stereocenters. The molecule has 170 valence electrons. The summed E-state index contributed by atoms with van der Waals surface area (Å²) >= 11 is 6.51. The lowest BCUT2D eigenvalue weighted by Gasteiger charge is -2.26. The van der Waals surface area contributed by atoms with Crippen LogP contribution in [0.3, 0.4) is 0 Å². The summed E-state index contributed by atoms with van der Waals surface area (Å²) in [6, 6.07) is 8.98. The van der Waals surface area contributed by atoms with Gasteiger partial charge in [-0.15, -0.1) is 0 Å². The molecule has 1 aliphatic rings. The maximum atomic E-state index is 6.51. The summed E-state index contributed by atoms with van der Waals surface area (Å²) in [5.74, 6) is 2.25. The summed E-state index contributed by atoms with van der Waals surface area (Å²) in [5.41, 5.74) is 2.65. The van der Waals surface area contributed by atoms with E-state index in [9.17, 15) is 0 Å². The summed E-state index contributed by atoms with van der Waals surface area (Å²) in [6.07, 6.45) is 7.34. The van der Waals surface area contributed by atoms with Crippen LogP contribution in [0.15, 0.2) is 55.4 Å². The zero-order valence-electron chi connectivity index (χ0n) is 17.8. The molecular weight excluding hydrogens is 458 g/mol. The number of aromatic nitrogens is 7. The zero-order valence-corrected chi connectivity index (χ0v) is 18.6. The highest BCUT2D eigenvalue weighted by molar-refractivity contribution is 6.32. The predicted molar refractivity (Wildman–Crippen MR) is 126 cm³/mol. The summed E-state index contributed by atoms with van der Waals surface area (Å²) in [6.45, 7) is 2.04. The van der Waals surface area contributed by atoms with E-state index < -0.39 is 0 Å². The topological polar surface area (TPSA) is 115 Å². The minimum Gasteiger partial charge on any atom is -0.456 e. The van der Waals surface area contributed by atoms with Crippen LogP contribution >= 0.6 is 11.6 Å². The lowest BCUT2D eigenvalue weighted by Crippen LogP contribution is -2.34. The maximum absolute atomic E-state index is 6.51. The minimum absolute atomic E-state index is 0.436. The minimum atomic E-state index is 0.436. The number of fused-ring (bicyclic) bond motifs is 2. The lowest BCUT2D eigenvalue weighted by atomic mass is 10.3. The van der Waals surface area contributed by atoms with Crippen LogP contribution in [0, 0.1) is 0 Å². The predicted octanol–water partition coefficient (Wildman–Crippen LogP) is 3.84. The quantitative estimate of drug-likeness (QED) is 0.402. The fourth-order valence-electron chi connectivity index (χ4n) is 3.63. The van der Waals surface area contributed by atoms with Gasteiger partial charge in [0.15, 0.2) is 11.5 Å². The van der Waals surface area contributed by atoms with Gasteiger partial charge in [0, 0.05) is 24.5 Å². The fraction of sp³-hybridized carbons (Fsp3) is 0.182. The van der Waals surface area contributed by atoms with Crippen LogP contribution in [-0.4, -0.2) is 54.4 Å². The number of anilines is 3. The molecule has 1 fully saturated rings. The van der Waals surface area contributed by atoms with Gasteiger partial charge >= 0.3 is 0 Å². The number of nitrogens with one attached hydrogen (secondary N) is 1. The largest absolute Gasteiger partial charge is 0.456 e. The molecular formula is C22H18ClN9O2. The monoisotopic (exact) mass is 475 g/mol. The molecule has 0 aliphatic carbocycles. The fourth-order valence-corrected chi connectivity index (χ4v) is 3.85. The van der Waals surface area contributed by atoms with Crippen molar-refractivity contribution in [3.05, 3.63) is 60.4 Å². The maximum Gasteiger partial charge on any atom is 0.227 e. The first-order valence-corrected chi connectivity index (χ1v) is 10.9. The number of nitrogens with zero attached hydrogens (tertiary/aromatic N) is 8. The van der Waals surface area contributed by atoms with Gasteiger partial charge < -0.3 is 19.7 Å². The van der Waals surface area contributed by atoms with Crippen LogP contribution in [-0.2, 0) is 4.74 Å². The SMILES string of the molecule is Clc1cc(Nc2ncnc3cnc(N4CCCOC4)nc23)ccc1Oc1ccn2ncnc2c1. The number of pyridine rings is 1. The van der Waals surface area contributed by atoms with Crippen molar-refractivity contribution in [3.63, 3.8) is 0 Å². The zero-order chi connectivity index (χ0) is 22.9. The van der Waals surface area contributed by atoms with E-state index >= 15 is 0 Å². The Bertz CT molecular complexity index is 1490. The Kier molecular flexibility index (Phi) is 5.24. The van der Waals surface area contributed by atoms with Crippen molar-refractivity contribution in [3.8, 4) is 11.5 Å². The molecule has 5 heterocycles. The molecule has 5 aromatic rings. The third kappa shape index (κ3) is 4.02. The van der Waals surface area contributed by atoms with Crippen LogP contribution in [0.25, 0.3) is 16.7 Å². The van der Waals surface area contributed by atoms with E-state index in [1.807, 2.05) is 11.0 Å². The Hall–Kier alpha value is -4.09. The Balaban J connectivity index is 1.25. The number of hydrogen-bond acceptors (Lipinski definition) is 10. The second kappa shape index (κ2) is 8.69. The highest BCUT2D eigenvalue weighted by Crippen LogP contribution is 2.33. The van der Waals surface area contributed by atoms with Crippen LogP contribution < -0.4 is 15.0 Å². The van der Waals surface area contributed by atoms with Crippen molar-refractivity contribution >= 4 is 45.7 Å². The molecule has 6 rings (SSSR count). The van der Waals surface area contributed by atoms with Crippen molar-refractivity contribution in [2.45, 2.75) is 6.42 Å². The third-order valence-electron chi connectivity index (χ3n) is 5.29. The van der Waals surface area contributed by atoms with Crippen LogP contribution in [0.5, 0.6) is 11.5 Å². The molecule has 0 radical (unpaired) electrons. The molecule has 0 amide bonds. The third-order valence-corrected chi connectivity index (χ3v) is 5.58. The van der Waals surface area contributed by atoms with Gasteiger partial charge in [-0.3, -0.25) is 0 Å². The average molecular weight is 476 g/mol. The van der Waals surface area contributed by atoms with Crippen LogP contribution in [0.2, 0.25) is 5.02 Å². The van der Waals surface area contributed by atoms with Crippen molar-refractivity contribution in [1.82, 2.24) is 34.5 Å². The van der Waals surface area contributed by atoms with E-state index in [0.29, 0.717) is 51.7 Å². The molecule has 1 saturated heterocycles. The molecule has 1 N–H and O–H groups in total. The van der Waals surface area contributed by atoms with Gasteiger partial charge in [0.1, 0.15) is 41.9 Å². The van der Waals surface area contributed by atoms with Gasteiger partial charge in [-0.05, 0) is 30.7 Å². The van der Waals surface area contributed by atoms with Gasteiger partial charge in [0.25, 0.3) is 0 Å². The number of rotatable bonds is 5. The molecule has 0 unspecified atom stereocenters. The van der Waals surface area contributed by atoms with E-state index in [1.54, 1.807) is 41.2 Å². The molecule has 1 aliphatic heterocycles. The van der Waals surface area contributed by atoms with Gasteiger partial charge in [0.2, 0.25) is 5.95 Å². The second-order valence-corrected chi connectivity index (χ2v) is 7.99. The lowest BCUT2D eigenvalue weighted by molar-refractivity contribution is 0.106. The van der Waals surface area contributed by atoms with Crippen LogP contribution in [0.1, 0.15) is 6.42 Å². The van der Waals surface area contributed by atoms with Gasteiger partial charge in [-0.2, -0.15) is 5.10 Å². The standard InChI is InChI=1S/C22H18ClN9O2/c23-16-8-14(2-3-18(16)34-15-4-6-32-19(9-15)26-12-28-32)29-21-20-17(25-11-27-21)10-24-22(30-20)31-5-1-7-33-13-31/h2-4,6,8-12H,1,5,7,13H2,(H,25,27,29). The summed E-state index contributed by atoms with van der Waals surface area (Å²) in [5, 5.41) is 7.79. The molecule has 0 saturated carbocycles. The first kappa shape index (κ1) is 20.5. The highest BCUT2D eigenvalue weighted by Gasteiger charge is 2.16. The van der Waals surface area contributed by atoms with Crippen molar-refractivity contribution in [2.24, 2.45) is 0 Å². The Morgan fingerprint density at radius 3 is 2.91 bits per heavy atom. The summed E-state index contributed by atoms with van der Waals surface area (Å²) in [7, 11) is 0. The Morgan fingerprint density at radius 1 is 1.06 bits per heavy atom. The van der Waals surface area contributed by atoms with Crippen LogP contribution in [0.4, 0.5) is 17.5 Å². The van der Waals surface area contributed by atoms with Crippen molar-refractivity contribution < 1.29 is 9.47 Å². The smallest absolute Gasteiger partial charge is 0.227 e. The van der Waals surface area contributed by atoms with Gasteiger partial charge in [-0.25, -0.2) is 29.4 Å². The molecule has 12 heteroatoms. The number of halogens is 1. The summed E-state index contributed by atoms with van der Waals surface area (Å²) in [4.78, 5) is 23.9. The van der Waals surface area contributed by atoms with Crippen molar-refractivity contribution in [1.29, 1.82) is 0 Å². The number of benzene rings is 1. The second-order valence-electron chi connectivity index (χ2n) is 7.58. The molecule has 0 spiro atoms. The highest BCUT2D eigenvalue weighted by atomic mass is 35.5.